The molecule has 0 aliphatic heterocycles. The molecule has 2 aromatic rings. The molecule has 5 nitrogen and oxygen atoms in total. The summed E-state index contributed by atoms with van der Waals surface area (Å²) in [6, 6.07) is 8.55. The molecule has 0 radical (unpaired) electrons. The van der Waals surface area contributed by atoms with E-state index in [9.17, 15) is 9.59 Å². The second-order valence-electron chi connectivity index (χ2n) is 5.70. The quantitative estimate of drug-likeness (QED) is 0.853. The molecule has 0 saturated heterocycles. The summed E-state index contributed by atoms with van der Waals surface area (Å²) in [5.41, 5.74) is 0.909. The van der Waals surface area contributed by atoms with Crippen molar-refractivity contribution in [3.63, 3.8) is 0 Å². The van der Waals surface area contributed by atoms with Gasteiger partial charge in [0.2, 0.25) is 0 Å². The van der Waals surface area contributed by atoms with Crippen LogP contribution in [-0.4, -0.2) is 42.6 Å². The summed E-state index contributed by atoms with van der Waals surface area (Å²) in [4.78, 5) is 26.4. The molecule has 0 unspecified atom stereocenters. The van der Waals surface area contributed by atoms with Crippen molar-refractivity contribution in [2.45, 2.75) is 6.54 Å². The topological polar surface area (TPSA) is 54.3 Å². The van der Waals surface area contributed by atoms with Gasteiger partial charge in [-0.05, 0) is 37.9 Å². The van der Waals surface area contributed by atoms with Gasteiger partial charge in [0.15, 0.2) is 0 Å². The highest BCUT2D eigenvalue weighted by atomic mass is 35.5. The maximum absolute atomic E-state index is 12.2. The highest BCUT2D eigenvalue weighted by Crippen LogP contribution is 2.12. The van der Waals surface area contributed by atoms with Gasteiger partial charge in [0.25, 0.3) is 11.5 Å². The third kappa shape index (κ3) is 5.09. The third-order valence-electron chi connectivity index (χ3n) is 3.42. The van der Waals surface area contributed by atoms with E-state index in [0.29, 0.717) is 23.7 Å². The van der Waals surface area contributed by atoms with E-state index in [1.54, 1.807) is 12.1 Å². The van der Waals surface area contributed by atoms with Crippen LogP contribution in [-0.2, 0) is 6.54 Å². The molecule has 0 bridgehead atoms. The molecule has 0 atom stereocenters. The lowest BCUT2D eigenvalue weighted by Crippen LogP contribution is -2.32. The molecule has 0 spiro atoms. The lowest BCUT2D eigenvalue weighted by atomic mass is 10.2. The molecule has 2 rings (SSSR count). The first kappa shape index (κ1) is 18.5. The van der Waals surface area contributed by atoms with Gasteiger partial charge in [-0.25, -0.2) is 0 Å². The van der Waals surface area contributed by atoms with E-state index in [-0.39, 0.29) is 16.5 Å². The second-order valence-corrected chi connectivity index (χ2v) is 6.54. The van der Waals surface area contributed by atoms with E-state index >= 15 is 0 Å². The van der Waals surface area contributed by atoms with Crippen LogP contribution in [0.3, 0.4) is 0 Å². The fourth-order valence-corrected chi connectivity index (χ4v) is 2.47. The molecule has 1 amide bonds. The number of carbonyl (C=O) groups is 1. The number of halogens is 2. The lowest BCUT2D eigenvalue weighted by molar-refractivity contribution is 0.0950. The summed E-state index contributed by atoms with van der Waals surface area (Å²) in [5.74, 6) is -0.261. The van der Waals surface area contributed by atoms with E-state index < -0.39 is 0 Å². The summed E-state index contributed by atoms with van der Waals surface area (Å²) in [6.07, 6.45) is 1.52. The fraction of sp³-hybridized carbons (Fsp3) is 0.294. The number of hydrogen-bond donors (Lipinski definition) is 1. The maximum Gasteiger partial charge on any atom is 0.269 e. The normalized spacial score (nSPS) is 10.9. The van der Waals surface area contributed by atoms with Crippen LogP contribution in [0.4, 0.5) is 0 Å². The molecule has 0 aliphatic carbocycles. The molecule has 7 heteroatoms. The van der Waals surface area contributed by atoms with Crippen LogP contribution in [0.15, 0.2) is 41.3 Å². The summed E-state index contributed by atoms with van der Waals surface area (Å²) in [5, 5.41) is 3.44. The smallest absolute Gasteiger partial charge is 0.269 e. The Balaban J connectivity index is 2.19. The van der Waals surface area contributed by atoms with Crippen LogP contribution in [0.5, 0.6) is 0 Å². The largest absolute Gasteiger partial charge is 0.351 e. The van der Waals surface area contributed by atoms with Gasteiger partial charge in [-0.3, -0.25) is 9.59 Å². The first-order chi connectivity index (χ1) is 11.4. The third-order valence-corrected chi connectivity index (χ3v) is 3.94. The molecular weight excluding hydrogens is 349 g/mol. The zero-order valence-electron chi connectivity index (χ0n) is 13.6. The van der Waals surface area contributed by atoms with E-state index in [1.807, 2.05) is 31.1 Å². The van der Waals surface area contributed by atoms with Gasteiger partial charge < -0.3 is 14.8 Å². The minimum atomic E-state index is -0.337. The molecular formula is C17H19Cl2N3O2. The monoisotopic (exact) mass is 367 g/mol. The Hall–Kier alpha value is -1.82. The van der Waals surface area contributed by atoms with Crippen LogP contribution >= 0.6 is 23.2 Å². The fourth-order valence-electron chi connectivity index (χ4n) is 2.12. The molecule has 1 aromatic carbocycles. The van der Waals surface area contributed by atoms with Crippen LogP contribution in [0, 0.1) is 0 Å². The minimum Gasteiger partial charge on any atom is -0.351 e. The number of rotatable bonds is 6. The molecule has 24 heavy (non-hydrogen) atoms. The Bertz CT molecular complexity index is 770. The van der Waals surface area contributed by atoms with Gasteiger partial charge in [-0.2, -0.15) is 0 Å². The highest BCUT2D eigenvalue weighted by Gasteiger charge is 2.11. The summed E-state index contributed by atoms with van der Waals surface area (Å²) >= 11 is 11.9. The average molecular weight is 368 g/mol. The van der Waals surface area contributed by atoms with E-state index in [1.165, 1.54) is 16.8 Å². The zero-order chi connectivity index (χ0) is 17.7. The van der Waals surface area contributed by atoms with Gasteiger partial charge in [-0.15, -0.1) is 0 Å². The summed E-state index contributed by atoms with van der Waals surface area (Å²) in [6.45, 7) is 1.55. The molecule has 0 aliphatic rings. The van der Waals surface area contributed by atoms with Gasteiger partial charge in [0.05, 0.1) is 12.1 Å². The highest BCUT2D eigenvalue weighted by molar-refractivity contribution is 6.31. The number of likely N-dealkylation sites (N-methyl/N-ethyl adjacent to an activating group) is 1. The molecule has 128 valence electrons. The minimum absolute atomic E-state index is 0.0178. The van der Waals surface area contributed by atoms with E-state index in [0.717, 1.165) is 12.1 Å². The average Bonchev–Trinajstić information content (AvgIpc) is 2.53. The van der Waals surface area contributed by atoms with Gasteiger partial charge in [0, 0.05) is 24.3 Å². The number of carbonyl (C=O) groups excluding carboxylic acids is 1. The Morgan fingerprint density at radius 1 is 1.21 bits per heavy atom. The number of aromatic nitrogens is 1. The van der Waals surface area contributed by atoms with Crippen LogP contribution in [0.25, 0.3) is 0 Å². The van der Waals surface area contributed by atoms with Crippen molar-refractivity contribution in [3.8, 4) is 0 Å². The van der Waals surface area contributed by atoms with Gasteiger partial charge >= 0.3 is 0 Å². The first-order valence-electron chi connectivity index (χ1n) is 7.44. The number of hydrogen-bond acceptors (Lipinski definition) is 3. The van der Waals surface area contributed by atoms with Crippen LogP contribution < -0.4 is 10.9 Å². The summed E-state index contributed by atoms with van der Waals surface area (Å²) in [7, 11) is 3.85. The van der Waals surface area contributed by atoms with Crippen molar-refractivity contribution in [2.24, 2.45) is 0 Å². The van der Waals surface area contributed by atoms with Gasteiger partial charge in [0.1, 0.15) is 5.02 Å². The predicted octanol–water partition coefficient (Wildman–Crippen LogP) is 2.49. The molecule has 1 N–H and O–H groups in total. The Morgan fingerprint density at radius 2 is 1.88 bits per heavy atom. The summed E-state index contributed by atoms with van der Waals surface area (Å²) < 4.78 is 1.42. The van der Waals surface area contributed by atoms with Crippen molar-refractivity contribution in [2.75, 3.05) is 27.2 Å². The van der Waals surface area contributed by atoms with Crippen LogP contribution in [0.2, 0.25) is 10.0 Å². The van der Waals surface area contributed by atoms with Gasteiger partial charge in [-0.1, -0.05) is 35.3 Å². The van der Waals surface area contributed by atoms with Crippen molar-refractivity contribution in [1.82, 2.24) is 14.8 Å². The number of benzene rings is 1. The Morgan fingerprint density at radius 3 is 2.50 bits per heavy atom. The number of amides is 1. The SMILES string of the molecule is CN(C)CCNC(=O)c1cc(Cl)c(=O)n(Cc2ccc(Cl)cc2)c1. The van der Waals surface area contributed by atoms with E-state index in [4.69, 9.17) is 23.2 Å². The molecule has 0 fully saturated rings. The zero-order valence-corrected chi connectivity index (χ0v) is 15.1. The van der Waals surface area contributed by atoms with Crippen LogP contribution in [0.1, 0.15) is 15.9 Å². The number of nitrogens with zero attached hydrogens (tertiary/aromatic N) is 2. The second kappa shape index (κ2) is 8.33. The molecule has 1 heterocycles. The van der Waals surface area contributed by atoms with E-state index in [2.05, 4.69) is 5.32 Å². The first-order valence-corrected chi connectivity index (χ1v) is 8.20. The van der Waals surface area contributed by atoms with Crippen molar-refractivity contribution >= 4 is 29.1 Å². The van der Waals surface area contributed by atoms with Crippen molar-refractivity contribution < 1.29 is 4.79 Å². The predicted molar refractivity (Wildman–Crippen MR) is 97.2 cm³/mol. The standard InChI is InChI=1S/C17H19Cl2N3O2/c1-21(2)8-7-20-16(23)13-9-15(19)17(24)22(11-13)10-12-3-5-14(18)6-4-12/h3-6,9,11H,7-8,10H2,1-2H3,(H,20,23). The molecule has 0 saturated carbocycles. The maximum atomic E-state index is 12.2. The lowest BCUT2D eigenvalue weighted by Gasteiger charge is -2.12. The Kier molecular flexibility index (Phi) is 6.43. The molecule has 1 aromatic heterocycles. The Labute approximate surface area is 150 Å². The van der Waals surface area contributed by atoms with Crippen molar-refractivity contribution in [3.05, 3.63) is 68.1 Å². The number of nitrogens with one attached hydrogen (secondary N) is 1. The van der Waals surface area contributed by atoms with Crippen molar-refractivity contribution in [1.29, 1.82) is 0 Å². The number of pyridine rings is 1.